The predicted molar refractivity (Wildman–Crippen MR) is 64.1 cm³/mol. The van der Waals surface area contributed by atoms with Gasteiger partial charge in [-0.3, -0.25) is 0 Å². The standard InChI is InChI=1S/C10H15N3O3S/c1-7(9(14)15)13(2)10(16)11-4-3-8-5-17-6-12-8/h5-7H,3-4H2,1-2H3,(H,11,16)(H,14,15). The van der Waals surface area contributed by atoms with Crippen LogP contribution in [0.25, 0.3) is 0 Å². The highest BCUT2D eigenvalue weighted by atomic mass is 32.1. The maximum atomic E-state index is 11.6. The van der Waals surface area contributed by atoms with Gasteiger partial charge in [-0.05, 0) is 6.92 Å². The Hall–Kier alpha value is -1.63. The number of nitrogens with one attached hydrogen (secondary N) is 1. The van der Waals surface area contributed by atoms with Crippen molar-refractivity contribution >= 4 is 23.3 Å². The summed E-state index contributed by atoms with van der Waals surface area (Å²) >= 11 is 1.50. The number of hydrogen-bond donors (Lipinski definition) is 2. The summed E-state index contributed by atoms with van der Waals surface area (Å²) in [5, 5.41) is 13.3. The molecule has 0 aliphatic heterocycles. The van der Waals surface area contributed by atoms with E-state index in [0.29, 0.717) is 13.0 Å². The van der Waals surface area contributed by atoms with Gasteiger partial charge in [-0.15, -0.1) is 11.3 Å². The second-order valence-electron chi connectivity index (χ2n) is 3.59. The molecule has 6 nitrogen and oxygen atoms in total. The number of nitrogens with zero attached hydrogens (tertiary/aromatic N) is 2. The largest absolute Gasteiger partial charge is 0.480 e. The third-order valence-corrected chi connectivity index (χ3v) is 3.03. The lowest BCUT2D eigenvalue weighted by molar-refractivity contribution is -0.141. The zero-order chi connectivity index (χ0) is 12.8. The van der Waals surface area contributed by atoms with Crippen LogP contribution in [0.5, 0.6) is 0 Å². The molecular formula is C10H15N3O3S. The Labute approximate surface area is 103 Å². The average molecular weight is 257 g/mol. The molecule has 0 fully saturated rings. The summed E-state index contributed by atoms with van der Waals surface area (Å²) in [7, 11) is 1.46. The highest BCUT2D eigenvalue weighted by molar-refractivity contribution is 7.07. The molecule has 2 amide bonds. The summed E-state index contributed by atoms with van der Waals surface area (Å²) in [5.74, 6) is -1.03. The van der Waals surface area contributed by atoms with Crippen molar-refractivity contribution in [2.75, 3.05) is 13.6 Å². The minimum atomic E-state index is -1.03. The van der Waals surface area contributed by atoms with Crippen molar-refractivity contribution in [1.29, 1.82) is 0 Å². The number of carboxylic acids is 1. The molecule has 1 unspecified atom stereocenters. The highest BCUT2D eigenvalue weighted by Crippen LogP contribution is 2.01. The van der Waals surface area contributed by atoms with E-state index in [-0.39, 0.29) is 0 Å². The van der Waals surface area contributed by atoms with Gasteiger partial charge < -0.3 is 15.3 Å². The van der Waals surface area contributed by atoms with E-state index in [2.05, 4.69) is 10.3 Å². The molecule has 0 radical (unpaired) electrons. The van der Waals surface area contributed by atoms with E-state index in [1.165, 1.54) is 25.3 Å². The fourth-order valence-electron chi connectivity index (χ4n) is 1.12. The lowest BCUT2D eigenvalue weighted by Crippen LogP contribution is -2.46. The van der Waals surface area contributed by atoms with Gasteiger partial charge in [0.25, 0.3) is 0 Å². The first-order chi connectivity index (χ1) is 8.02. The van der Waals surface area contributed by atoms with Crippen LogP contribution in [0.3, 0.4) is 0 Å². The number of aliphatic carboxylic acids is 1. The van der Waals surface area contributed by atoms with Crippen LogP contribution in [-0.4, -0.2) is 46.6 Å². The quantitative estimate of drug-likeness (QED) is 0.817. The Morgan fingerprint density at radius 1 is 1.65 bits per heavy atom. The molecule has 94 valence electrons. The van der Waals surface area contributed by atoms with Crippen molar-refractivity contribution in [1.82, 2.24) is 15.2 Å². The Balaban J connectivity index is 2.32. The number of carbonyl (C=O) groups is 2. The van der Waals surface area contributed by atoms with Gasteiger partial charge in [-0.25, -0.2) is 14.6 Å². The number of urea groups is 1. The molecule has 7 heteroatoms. The molecule has 0 aliphatic rings. The predicted octanol–water partition coefficient (Wildman–Crippen LogP) is 0.800. The van der Waals surface area contributed by atoms with E-state index in [0.717, 1.165) is 10.6 Å². The molecule has 0 saturated carbocycles. The first-order valence-electron chi connectivity index (χ1n) is 5.13. The molecular weight excluding hydrogens is 242 g/mol. The van der Waals surface area contributed by atoms with Crippen LogP contribution in [-0.2, 0) is 11.2 Å². The Kier molecular flexibility index (Phi) is 4.89. The third-order valence-electron chi connectivity index (χ3n) is 2.40. The zero-order valence-electron chi connectivity index (χ0n) is 9.71. The Morgan fingerprint density at radius 2 is 2.35 bits per heavy atom. The molecule has 0 bridgehead atoms. The number of thiazole rings is 1. The molecule has 1 aromatic heterocycles. The van der Waals surface area contributed by atoms with Crippen molar-refractivity contribution in [2.24, 2.45) is 0 Å². The van der Waals surface area contributed by atoms with Crippen LogP contribution in [0.15, 0.2) is 10.9 Å². The summed E-state index contributed by atoms with van der Waals surface area (Å²) < 4.78 is 0. The molecule has 0 aliphatic carbocycles. The number of likely N-dealkylation sites (N-methyl/N-ethyl adjacent to an activating group) is 1. The normalized spacial score (nSPS) is 11.9. The first kappa shape index (κ1) is 13.4. The molecule has 0 aromatic carbocycles. The Bertz CT molecular complexity index is 380. The zero-order valence-corrected chi connectivity index (χ0v) is 10.5. The molecule has 1 aromatic rings. The number of aromatic nitrogens is 1. The minimum absolute atomic E-state index is 0.393. The van der Waals surface area contributed by atoms with Crippen molar-refractivity contribution < 1.29 is 14.7 Å². The smallest absolute Gasteiger partial charge is 0.326 e. The van der Waals surface area contributed by atoms with Crippen LogP contribution in [0.2, 0.25) is 0 Å². The molecule has 1 heterocycles. The van der Waals surface area contributed by atoms with Gasteiger partial charge >= 0.3 is 12.0 Å². The topological polar surface area (TPSA) is 82.5 Å². The van der Waals surface area contributed by atoms with Crippen molar-refractivity contribution in [3.63, 3.8) is 0 Å². The fourth-order valence-corrected chi connectivity index (χ4v) is 1.72. The van der Waals surface area contributed by atoms with E-state index in [1.807, 2.05) is 5.38 Å². The van der Waals surface area contributed by atoms with Crippen LogP contribution in [0.4, 0.5) is 4.79 Å². The second kappa shape index (κ2) is 6.19. The maximum absolute atomic E-state index is 11.6. The second-order valence-corrected chi connectivity index (χ2v) is 4.31. The summed E-state index contributed by atoms with van der Waals surface area (Å²) in [6.45, 7) is 1.90. The summed E-state index contributed by atoms with van der Waals surface area (Å²) in [6, 6.07) is -1.23. The first-order valence-corrected chi connectivity index (χ1v) is 6.07. The lowest BCUT2D eigenvalue weighted by Gasteiger charge is -2.21. The van der Waals surface area contributed by atoms with Crippen LogP contribution in [0, 0.1) is 0 Å². The minimum Gasteiger partial charge on any atom is -0.480 e. The monoisotopic (exact) mass is 257 g/mol. The summed E-state index contributed by atoms with van der Waals surface area (Å²) in [4.78, 5) is 27.5. The van der Waals surface area contributed by atoms with Gasteiger partial charge in [-0.1, -0.05) is 0 Å². The van der Waals surface area contributed by atoms with Crippen molar-refractivity contribution in [3.8, 4) is 0 Å². The van der Waals surface area contributed by atoms with Gasteiger partial charge in [0.2, 0.25) is 0 Å². The van der Waals surface area contributed by atoms with Gasteiger partial charge in [0.15, 0.2) is 0 Å². The highest BCUT2D eigenvalue weighted by Gasteiger charge is 2.20. The number of rotatable bonds is 5. The lowest BCUT2D eigenvalue weighted by atomic mass is 10.3. The Morgan fingerprint density at radius 3 is 2.88 bits per heavy atom. The van der Waals surface area contributed by atoms with Gasteiger partial charge in [0, 0.05) is 25.4 Å². The van der Waals surface area contributed by atoms with E-state index in [4.69, 9.17) is 5.11 Å². The molecule has 0 saturated heterocycles. The third kappa shape index (κ3) is 4.03. The number of carbonyl (C=O) groups excluding carboxylic acids is 1. The van der Waals surface area contributed by atoms with Gasteiger partial charge in [0.1, 0.15) is 6.04 Å². The number of hydrogen-bond acceptors (Lipinski definition) is 4. The fraction of sp³-hybridized carbons (Fsp3) is 0.500. The van der Waals surface area contributed by atoms with Crippen molar-refractivity contribution in [2.45, 2.75) is 19.4 Å². The summed E-state index contributed by atoms with van der Waals surface area (Å²) in [6.07, 6.45) is 0.643. The molecule has 0 spiro atoms. The van der Waals surface area contributed by atoms with Crippen LogP contribution in [0.1, 0.15) is 12.6 Å². The maximum Gasteiger partial charge on any atom is 0.326 e. The van der Waals surface area contributed by atoms with Crippen LogP contribution >= 0.6 is 11.3 Å². The SMILES string of the molecule is CC(C(=O)O)N(C)C(=O)NCCc1cscn1. The van der Waals surface area contributed by atoms with E-state index < -0.39 is 18.0 Å². The van der Waals surface area contributed by atoms with E-state index in [1.54, 1.807) is 5.51 Å². The van der Waals surface area contributed by atoms with E-state index in [9.17, 15) is 9.59 Å². The number of amides is 2. The van der Waals surface area contributed by atoms with Crippen LogP contribution < -0.4 is 5.32 Å². The molecule has 1 rings (SSSR count). The van der Waals surface area contributed by atoms with Crippen molar-refractivity contribution in [3.05, 3.63) is 16.6 Å². The molecule has 2 N–H and O–H groups in total. The van der Waals surface area contributed by atoms with E-state index >= 15 is 0 Å². The molecule has 17 heavy (non-hydrogen) atoms. The summed E-state index contributed by atoms with van der Waals surface area (Å²) in [5.41, 5.74) is 2.65. The van der Waals surface area contributed by atoms with Gasteiger partial charge in [-0.2, -0.15) is 0 Å². The molecule has 1 atom stereocenters. The van der Waals surface area contributed by atoms with Gasteiger partial charge in [0.05, 0.1) is 11.2 Å². The average Bonchev–Trinajstić information content (AvgIpc) is 2.79. The number of carboxylic acid groups (broad SMARTS) is 1.